The summed E-state index contributed by atoms with van der Waals surface area (Å²) in [6.07, 6.45) is 0.855. The number of carbonyl (C=O) groups is 1. The maximum absolute atomic E-state index is 14.0. The zero-order valence-electron chi connectivity index (χ0n) is 12.2. The molecule has 4 nitrogen and oxygen atoms in total. The summed E-state index contributed by atoms with van der Waals surface area (Å²) in [7, 11) is 0. The first-order chi connectivity index (χ1) is 9.58. The summed E-state index contributed by atoms with van der Waals surface area (Å²) in [4.78, 5) is 12.5. The van der Waals surface area contributed by atoms with Gasteiger partial charge in [0.05, 0.1) is 12.1 Å². The van der Waals surface area contributed by atoms with Crippen molar-refractivity contribution in [3.05, 3.63) is 29.6 Å². The first-order valence-electron chi connectivity index (χ1n) is 7.04. The summed E-state index contributed by atoms with van der Waals surface area (Å²) < 4.78 is 14.0. The van der Waals surface area contributed by atoms with E-state index in [0.717, 1.165) is 18.5 Å². The highest BCUT2D eigenvalue weighted by Crippen LogP contribution is 2.21. The molecule has 0 amide bonds. The van der Waals surface area contributed by atoms with E-state index < -0.39 is 5.97 Å². The van der Waals surface area contributed by atoms with Gasteiger partial charge >= 0.3 is 5.97 Å². The van der Waals surface area contributed by atoms with Gasteiger partial charge in [0.1, 0.15) is 5.82 Å². The Morgan fingerprint density at radius 1 is 1.35 bits per heavy atom. The van der Waals surface area contributed by atoms with Crippen LogP contribution in [0.25, 0.3) is 0 Å². The van der Waals surface area contributed by atoms with Crippen LogP contribution in [-0.4, -0.2) is 30.7 Å². The summed E-state index contributed by atoms with van der Waals surface area (Å²) >= 11 is 0. The van der Waals surface area contributed by atoms with Crippen LogP contribution in [0.1, 0.15) is 32.3 Å². The summed E-state index contributed by atoms with van der Waals surface area (Å²) in [5.41, 5.74) is 1.49. The molecule has 0 saturated heterocycles. The molecule has 2 N–H and O–H groups in total. The lowest BCUT2D eigenvalue weighted by molar-refractivity contribution is -0.136. The molecule has 5 heteroatoms. The third-order valence-electron chi connectivity index (χ3n) is 3.02. The molecule has 0 spiro atoms. The molecule has 1 aromatic rings. The van der Waals surface area contributed by atoms with Crippen LogP contribution in [0.2, 0.25) is 0 Å². The Morgan fingerprint density at radius 2 is 2.10 bits per heavy atom. The Kier molecular flexibility index (Phi) is 7.01. The van der Waals surface area contributed by atoms with Crippen molar-refractivity contribution >= 4 is 11.7 Å². The van der Waals surface area contributed by atoms with E-state index in [-0.39, 0.29) is 12.2 Å². The normalized spacial score (nSPS) is 10.6. The molecule has 0 aromatic heterocycles. The lowest BCUT2D eigenvalue weighted by Crippen LogP contribution is -2.28. The predicted molar refractivity (Wildman–Crippen MR) is 78.5 cm³/mol. The molecule has 20 heavy (non-hydrogen) atoms. The van der Waals surface area contributed by atoms with Gasteiger partial charge in [0.25, 0.3) is 0 Å². The van der Waals surface area contributed by atoms with Gasteiger partial charge in [-0.25, -0.2) is 4.39 Å². The number of carboxylic acid groups (broad SMARTS) is 1. The van der Waals surface area contributed by atoms with E-state index in [1.807, 2.05) is 13.8 Å². The average molecular weight is 282 g/mol. The highest BCUT2D eigenvalue weighted by atomic mass is 19.1. The van der Waals surface area contributed by atoms with Gasteiger partial charge in [0.15, 0.2) is 0 Å². The Morgan fingerprint density at radius 3 is 2.70 bits per heavy atom. The van der Waals surface area contributed by atoms with E-state index in [4.69, 9.17) is 5.11 Å². The van der Waals surface area contributed by atoms with E-state index in [2.05, 4.69) is 5.32 Å². The first-order valence-corrected chi connectivity index (χ1v) is 7.04. The maximum atomic E-state index is 14.0. The monoisotopic (exact) mass is 282 g/mol. The number of hydrogen-bond acceptors (Lipinski definition) is 3. The summed E-state index contributed by atoms with van der Waals surface area (Å²) in [5, 5.41) is 12.0. The fraction of sp³-hybridized carbons (Fsp3) is 0.533. The van der Waals surface area contributed by atoms with E-state index in [0.29, 0.717) is 25.3 Å². The van der Waals surface area contributed by atoms with Crippen molar-refractivity contribution in [2.24, 2.45) is 0 Å². The topological polar surface area (TPSA) is 52.6 Å². The number of aliphatic carboxylic acids is 1. The SMILES string of the molecule is CCCN(CCC(=O)O)c1cc(CNCC)ccc1F. The molecular formula is C15H23FN2O2. The predicted octanol–water partition coefficient (Wildman–Crippen LogP) is 2.63. The molecular weight excluding hydrogens is 259 g/mol. The van der Waals surface area contributed by atoms with Gasteiger partial charge in [-0.05, 0) is 30.7 Å². The summed E-state index contributed by atoms with van der Waals surface area (Å²) in [6.45, 7) is 6.52. The Bertz CT molecular complexity index is 438. The highest BCUT2D eigenvalue weighted by Gasteiger charge is 2.13. The molecule has 0 aliphatic heterocycles. The van der Waals surface area contributed by atoms with Crippen molar-refractivity contribution < 1.29 is 14.3 Å². The minimum atomic E-state index is -0.865. The zero-order chi connectivity index (χ0) is 15.0. The summed E-state index contributed by atoms with van der Waals surface area (Å²) in [6, 6.07) is 5.00. The fourth-order valence-corrected chi connectivity index (χ4v) is 2.03. The second kappa shape index (κ2) is 8.53. The second-order valence-corrected chi connectivity index (χ2v) is 4.70. The number of nitrogens with zero attached hydrogens (tertiary/aromatic N) is 1. The number of carboxylic acids is 1. The van der Waals surface area contributed by atoms with Crippen LogP contribution in [0.5, 0.6) is 0 Å². The maximum Gasteiger partial charge on any atom is 0.305 e. The van der Waals surface area contributed by atoms with Gasteiger partial charge in [0, 0.05) is 19.6 Å². The van der Waals surface area contributed by atoms with Gasteiger partial charge in [-0.3, -0.25) is 4.79 Å². The van der Waals surface area contributed by atoms with Crippen molar-refractivity contribution in [3.8, 4) is 0 Å². The molecule has 0 radical (unpaired) electrons. The molecule has 0 fully saturated rings. The van der Waals surface area contributed by atoms with Crippen molar-refractivity contribution in [2.75, 3.05) is 24.5 Å². The second-order valence-electron chi connectivity index (χ2n) is 4.70. The smallest absolute Gasteiger partial charge is 0.305 e. The number of anilines is 1. The Labute approximate surface area is 119 Å². The standard InChI is InChI=1S/C15H23FN2O2/c1-3-8-18(9-7-15(19)20)14-10-12(11-17-4-2)5-6-13(14)16/h5-6,10,17H,3-4,7-9,11H2,1-2H3,(H,19,20). The first kappa shape index (κ1) is 16.4. The molecule has 0 saturated carbocycles. The quantitative estimate of drug-likeness (QED) is 0.731. The highest BCUT2D eigenvalue weighted by molar-refractivity contribution is 5.67. The van der Waals surface area contributed by atoms with Crippen LogP contribution < -0.4 is 10.2 Å². The van der Waals surface area contributed by atoms with Gasteiger partial charge in [0.2, 0.25) is 0 Å². The zero-order valence-corrected chi connectivity index (χ0v) is 12.2. The van der Waals surface area contributed by atoms with Gasteiger partial charge < -0.3 is 15.3 Å². The minimum absolute atomic E-state index is 0.0108. The average Bonchev–Trinajstić information content (AvgIpc) is 2.42. The van der Waals surface area contributed by atoms with E-state index in [9.17, 15) is 9.18 Å². The number of hydrogen-bond donors (Lipinski definition) is 2. The largest absolute Gasteiger partial charge is 0.481 e. The van der Waals surface area contributed by atoms with Gasteiger partial charge in [-0.15, -0.1) is 0 Å². The molecule has 0 heterocycles. The van der Waals surface area contributed by atoms with Gasteiger partial charge in [-0.2, -0.15) is 0 Å². The van der Waals surface area contributed by atoms with Crippen LogP contribution in [0, 0.1) is 5.82 Å². The molecule has 0 bridgehead atoms. The van der Waals surface area contributed by atoms with Gasteiger partial charge in [-0.1, -0.05) is 19.9 Å². The van der Waals surface area contributed by atoms with Crippen LogP contribution >= 0.6 is 0 Å². The van der Waals surface area contributed by atoms with E-state index in [1.165, 1.54) is 6.07 Å². The van der Waals surface area contributed by atoms with Crippen molar-refractivity contribution in [3.63, 3.8) is 0 Å². The van der Waals surface area contributed by atoms with E-state index in [1.54, 1.807) is 17.0 Å². The van der Waals surface area contributed by atoms with Crippen LogP contribution in [-0.2, 0) is 11.3 Å². The lowest BCUT2D eigenvalue weighted by atomic mass is 10.1. The molecule has 0 aliphatic rings. The number of benzene rings is 1. The molecule has 0 atom stereocenters. The molecule has 112 valence electrons. The van der Waals surface area contributed by atoms with Crippen molar-refractivity contribution in [1.29, 1.82) is 0 Å². The van der Waals surface area contributed by atoms with Crippen LogP contribution in [0.15, 0.2) is 18.2 Å². The third kappa shape index (κ3) is 5.17. The number of halogens is 1. The van der Waals surface area contributed by atoms with Crippen LogP contribution in [0.4, 0.5) is 10.1 Å². The van der Waals surface area contributed by atoms with Crippen molar-refractivity contribution in [1.82, 2.24) is 5.32 Å². The molecule has 0 unspecified atom stereocenters. The summed E-state index contributed by atoms with van der Waals surface area (Å²) in [5.74, 6) is -1.17. The third-order valence-corrected chi connectivity index (χ3v) is 3.02. The van der Waals surface area contributed by atoms with Crippen LogP contribution in [0.3, 0.4) is 0 Å². The van der Waals surface area contributed by atoms with E-state index >= 15 is 0 Å². The minimum Gasteiger partial charge on any atom is -0.481 e. The fourth-order valence-electron chi connectivity index (χ4n) is 2.03. The number of nitrogens with one attached hydrogen (secondary N) is 1. The Hall–Kier alpha value is -1.62. The number of rotatable bonds is 9. The Balaban J connectivity index is 2.89. The molecule has 1 rings (SSSR count). The molecule has 0 aliphatic carbocycles. The van der Waals surface area contributed by atoms with Crippen molar-refractivity contribution in [2.45, 2.75) is 33.2 Å². The lowest BCUT2D eigenvalue weighted by Gasteiger charge is -2.24. The molecule has 1 aromatic carbocycles.